The molecule has 11 heavy (non-hydrogen) atoms. The van der Waals surface area contributed by atoms with Crippen LogP contribution in [0.4, 0.5) is 0 Å². The molecule has 0 aliphatic heterocycles. The summed E-state index contributed by atoms with van der Waals surface area (Å²) in [7, 11) is 1.55. The van der Waals surface area contributed by atoms with Crippen molar-refractivity contribution in [3.05, 3.63) is 0 Å². The van der Waals surface area contributed by atoms with Crippen LogP contribution in [0, 0.1) is 17.1 Å². The van der Waals surface area contributed by atoms with Gasteiger partial charge in [-0.05, 0) is 0 Å². The normalized spacial score (nSPS) is 16.1. The van der Waals surface area contributed by atoms with Crippen LogP contribution in [0.1, 0.15) is 40.5 Å². The summed E-state index contributed by atoms with van der Waals surface area (Å²) < 4.78 is 0. The minimum atomic E-state index is 0.469. The zero-order valence-corrected chi connectivity index (χ0v) is 8.22. The van der Waals surface area contributed by atoms with Crippen LogP contribution in [0.2, 0.25) is 5.82 Å². The first-order valence-corrected chi connectivity index (χ1v) is 4.58. The topological polar surface area (TPSA) is 23.9 Å². The fourth-order valence-electron chi connectivity index (χ4n) is 0.942. The van der Waals surface area contributed by atoms with Gasteiger partial charge in [0.2, 0.25) is 0 Å². The van der Waals surface area contributed by atoms with Crippen molar-refractivity contribution in [3.63, 3.8) is 0 Å². The van der Waals surface area contributed by atoms with Gasteiger partial charge < -0.3 is 0 Å². The Balaban J connectivity index is 3.45. The van der Waals surface area contributed by atoms with E-state index >= 15 is 0 Å². The Hall–Kier alpha value is -0.135. The molecule has 0 aromatic carbocycles. The van der Waals surface area contributed by atoms with Gasteiger partial charge in [0.05, 0.1) is 0 Å². The molecule has 0 aliphatic rings. The Kier molecular flexibility index (Phi) is 5.44. The minimum absolute atomic E-state index is 0.469. The molecule has 64 valence electrons. The standard InChI is InChI=1S/C9H20BN/c1-7(2)8(3)5-6-9(4)10-11/h7-9,11H,5-6H2,1-4H3. The van der Waals surface area contributed by atoms with Crippen molar-refractivity contribution in [1.29, 1.82) is 5.31 Å². The molecule has 0 bridgehead atoms. The third-order valence-corrected chi connectivity index (χ3v) is 2.50. The van der Waals surface area contributed by atoms with Crippen LogP contribution < -0.4 is 0 Å². The second kappa shape index (κ2) is 5.51. The summed E-state index contributed by atoms with van der Waals surface area (Å²) >= 11 is 0. The first kappa shape index (κ1) is 10.9. The van der Waals surface area contributed by atoms with Gasteiger partial charge in [0.25, 0.3) is 0 Å². The predicted molar refractivity (Wildman–Crippen MR) is 51.1 cm³/mol. The molecule has 2 heteroatoms. The predicted octanol–water partition coefficient (Wildman–Crippen LogP) is 3.33. The van der Waals surface area contributed by atoms with E-state index in [1.165, 1.54) is 12.8 Å². The Bertz CT molecular complexity index is 112. The molecule has 1 N–H and O–H groups in total. The summed E-state index contributed by atoms with van der Waals surface area (Å²) in [6.07, 6.45) is 2.43. The molecule has 0 saturated heterocycles. The van der Waals surface area contributed by atoms with Gasteiger partial charge in [-0.2, -0.15) is 0 Å². The number of hydrogen-bond acceptors (Lipinski definition) is 1. The van der Waals surface area contributed by atoms with E-state index in [4.69, 9.17) is 5.31 Å². The molecule has 0 aliphatic carbocycles. The molecule has 0 radical (unpaired) electrons. The molecule has 0 fully saturated rings. The van der Waals surface area contributed by atoms with Crippen LogP contribution in [0.15, 0.2) is 0 Å². The molecule has 0 aromatic rings. The van der Waals surface area contributed by atoms with Crippen molar-refractivity contribution in [3.8, 4) is 0 Å². The van der Waals surface area contributed by atoms with Crippen molar-refractivity contribution in [2.45, 2.75) is 46.4 Å². The summed E-state index contributed by atoms with van der Waals surface area (Å²) in [4.78, 5) is 0. The van der Waals surface area contributed by atoms with Gasteiger partial charge in [-0.25, -0.2) is 0 Å². The Morgan fingerprint density at radius 2 is 1.64 bits per heavy atom. The molecule has 2 atom stereocenters. The van der Waals surface area contributed by atoms with Gasteiger partial charge in [-0.15, -0.1) is 0 Å². The van der Waals surface area contributed by atoms with Crippen LogP contribution in [-0.4, -0.2) is 7.07 Å². The molecule has 0 amide bonds. The quantitative estimate of drug-likeness (QED) is 0.585. The molecule has 1 nitrogen and oxygen atoms in total. The van der Waals surface area contributed by atoms with Crippen molar-refractivity contribution >= 4 is 7.07 Å². The summed E-state index contributed by atoms with van der Waals surface area (Å²) in [6, 6.07) is 0. The van der Waals surface area contributed by atoms with Crippen LogP contribution in [0.25, 0.3) is 0 Å². The van der Waals surface area contributed by atoms with E-state index in [0.29, 0.717) is 5.82 Å². The molecule has 0 rings (SSSR count). The van der Waals surface area contributed by atoms with Crippen LogP contribution in [-0.2, 0) is 0 Å². The maximum atomic E-state index is 7.04. The zero-order valence-electron chi connectivity index (χ0n) is 8.22. The molecule has 2 unspecified atom stereocenters. The summed E-state index contributed by atoms with van der Waals surface area (Å²) in [5, 5.41) is 7.04. The SMILES string of the molecule is CC(B=N)CCC(C)C(C)C. The van der Waals surface area contributed by atoms with Gasteiger partial charge in [-0.3, -0.25) is 0 Å². The Labute approximate surface area is 71.3 Å². The van der Waals surface area contributed by atoms with E-state index < -0.39 is 0 Å². The van der Waals surface area contributed by atoms with Gasteiger partial charge in [0, 0.05) is 0 Å². The van der Waals surface area contributed by atoms with E-state index in [1.807, 2.05) is 0 Å². The summed E-state index contributed by atoms with van der Waals surface area (Å²) in [6.45, 7) is 8.93. The average molecular weight is 153 g/mol. The maximum absolute atomic E-state index is 7.04. The second-order valence-electron chi connectivity index (χ2n) is 3.94. The van der Waals surface area contributed by atoms with Crippen molar-refractivity contribution in [2.24, 2.45) is 11.8 Å². The van der Waals surface area contributed by atoms with Gasteiger partial charge in [0.1, 0.15) is 0 Å². The third-order valence-electron chi connectivity index (χ3n) is 2.50. The summed E-state index contributed by atoms with van der Waals surface area (Å²) in [5.74, 6) is 2.06. The number of hydrogen-bond donors (Lipinski definition) is 1. The van der Waals surface area contributed by atoms with Crippen LogP contribution >= 0.6 is 0 Å². The monoisotopic (exact) mass is 153 g/mol. The number of rotatable bonds is 5. The van der Waals surface area contributed by atoms with E-state index in [9.17, 15) is 0 Å². The Morgan fingerprint density at radius 3 is 2.00 bits per heavy atom. The third kappa shape index (κ3) is 5.17. The van der Waals surface area contributed by atoms with E-state index in [-0.39, 0.29) is 0 Å². The van der Waals surface area contributed by atoms with Gasteiger partial charge in [0.15, 0.2) is 0 Å². The zero-order chi connectivity index (χ0) is 8.85. The van der Waals surface area contributed by atoms with E-state index in [2.05, 4.69) is 27.7 Å². The van der Waals surface area contributed by atoms with Gasteiger partial charge >= 0.3 is 70.6 Å². The Morgan fingerprint density at radius 1 is 1.09 bits per heavy atom. The second-order valence-corrected chi connectivity index (χ2v) is 3.94. The van der Waals surface area contributed by atoms with Crippen molar-refractivity contribution in [1.82, 2.24) is 0 Å². The average Bonchev–Trinajstić information content (AvgIpc) is 1.99. The molecule has 0 aromatic heterocycles. The summed E-state index contributed by atoms with van der Waals surface area (Å²) in [5.41, 5.74) is 0. The fourth-order valence-corrected chi connectivity index (χ4v) is 0.942. The fraction of sp³-hybridized carbons (Fsp3) is 1.00. The van der Waals surface area contributed by atoms with Crippen molar-refractivity contribution < 1.29 is 0 Å². The van der Waals surface area contributed by atoms with Crippen LogP contribution in [0.3, 0.4) is 0 Å². The molecule has 0 saturated carbocycles. The van der Waals surface area contributed by atoms with Crippen molar-refractivity contribution in [2.75, 3.05) is 0 Å². The van der Waals surface area contributed by atoms with E-state index in [0.717, 1.165) is 11.8 Å². The first-order valence-electron chi connectivity index (χ1n) is 4.58. The number of nitrogens with one attached hydrogen (secondary N) is 1. The first-order chi connectivity index (χ1) is 5.07. The molecular formula is C9H20BN. The molecule has 0 spiro atoms. The molecule has 0 heterocycles. The van der Waals surface area contributed by atoms with Gasteiger partial charge in [-0.1, -0.05) is 0 Å². The van der Waals surface area contributed by atoms with E-state index in [1.54, 1.807) is 7.07 Å². The molecular weight excluding hydrogens is 133 g/mol. The van der Waals surface area contributed by atoms with Crippen LogP contribution in [0.5, 0.6) is 0 Å².